The molecule has 2 unspecified atom stereocenters. The van der Waals surface area contributed by atoms with Crippen LogP contribution in [0.15, 0.2) is 89.5 Å². The van der Waals surface area contributed by atoms with Crippen molar-refractivity contribution >= 4 is 35.0 Å². The van der Waals surface area contributed by atoms with E-state index in [0.717, 1.165) is 41.7 Å². The number of benzene rings is 3. The Morgan fingerprint density at radius 2 is 1.64 bits per heavy atom. The minimum absolute atomic E-state index is 0.0736. The first kappa shape index (κ1) is 23.4. The fraction of sp³-hybridized carbons (Fsp3) is 0.207. The number of hydrogen-bond donors (Lipinski definition) is 2. The van der Waals surface area contributed by atoms with E-state index < -0.39 is 12.6 Å². The van der Waals surface area contributed by atoms with Gasteiger partial charge in [-0.2, -0.15) is 5.10 Å². The van der Waals surface area contributed by atoms with Gasteiger partial charge >= 0.3 is 5.97 Å². The third kappa shape index (κ3) is 4.86. The maximum atomic E-state index is 13.4. The van der Waals surface area contributed by atoms with E-state index >= 15 is 0 Å². The number of hydrogen-bond acceptors (Lipinski definition) is 6. The molecule has 0 radical (unpaired) electrons. The number of fused-ring (bicyclic) bond motifs is 1. The molecule has 3 aromatic rings. The number of allylic oxidation sites excluding steroid dienone is 1. The van der Waals surface area contributed by atoms with E-state index in [9.17, 15) is 9.59 Å². The number of hydrazone groups is 1. The summed E-state index contributed by atoms with van der Waals surface area (Å²) in [5.74, 6) is -0.966. The lowest BCUT2D eigenvalue weighted by atomic mass is 9.77. The Kier molecular flexibility index (Phi) is 6.54. The number of carbonyl (C=O) groups excluding carboxylic acids is 2. The Labute approximate surface area is 210 Å². The first-order valence-corrected chi connectivity index (χ1v) is 12.0. The number of carbonyl (C=O) groups is 2. The van der Waals surface area contributed by atoms with Gasteiger partial charge in [0.05, 0.1) is 17.3 Å². The Bertz CT molecular complexity index is 1310. The van der Waals surface area contributed by atoms with Gasteiger partial charge in [0.25, 0.3) is 5.91 Å². The van der Waals surface area contributed by atoms with Crippen LogP contribution in [0.3, 0.4) is 0 Å². The summed E-state index contributed by atoms with van der Waals surface area (Å²) in [5, 5.41) is 6.33. The van der Waals surface area contributed by atoms with E-state index in [1.165, 1.54) is 17.1 Å². The van der Waals surface area contributed by atoms with Crippen molar-refractivity contribution in [1.82, 2.24) is 5.01 Å². The summed E-state index contributed by atoms with van der Waals surface area (Å²) in [6.45, 7) is -0.432. The summed E-state index contributed by atoms with van der Waals surface area (Å²) in [6, 6.07) is 24.3. The van der Waals surface area contributed by atoms with Crippen molar-refractivity contribution in [1.29, 1.82) is 0 Å². The molecule has 1 fully saturated rings. The molecule has 0 saturated heterocycles. The molecule has 2 atom stereocenters. The molecule has 0 spiro atoms. The molecule has 0 bridgehead atoms. The first-order valence-electron chi connectivity index (χ1n) is 12.0. The average molecular weight is 481 g/mol. The fourth-order valence-corrected chi connectivity index (χ4v) is 5.01. The van der Waals surface area contributed by atoms with Crippen LogP contribution >= 0.6 is 0 Å². The predicted octanol–water partition coefficient (Wildman–Crippen LogP) is 4.83. The molecule has 4 N–H and O–H groups in total. The van der Waals surface area contributed by atoms with Gasteiger partial charge in [-0.15, -0.1) is 0 Å². The Balaban J connectivity index is 1.42. The van der Waals surface area contributed by atoms with Gasteiger partial charge in [0.2, 0.25) is 0 Å². The van der Waals surface area contributed by atoms with Crippen LogP contribution in [0, 0.1) is 5.92 Å². The molecule has 1 aliphatic carbocycles. The Morgan fingerprint density at radius 1 is 0.972 bits per heavy atom. The van der Waals surface area contributed by atoms with Crippen molar-refractivity contribution in [3.05, 3.63) is 101 Å². The second-order valence-corrected chi connectivity index (χ2v) is 9.12. The molecular formula is C29H28N4O3. The smallest absolute Gasteiger partial charge is 0.338 e. The van der Waals surface area contributed by atoms with Crippen LogP contribution in [0.25, 0.3) is 6.08 Å². The second kappa shape index (κ2) is 10.1. The predicted molar refractivity (Wildman–Crippen MR) is 141 cm³/mol. The van der Waals surface area contributed by atoms with Gasteiger partial charge < -0.3 is 16.2 Å². The number of nitrogen functional groups attached to an aromatic ring is 2. The van der Waals surface area contributed by atoms with Crippen LogP contribution in [0.4, 0.5) is 11.4 Å². The maximum Gasteiger partial charge on any atom is 0.338 e. The summed E-state index contributed by atoms with van der Waals surface area (Å²) >= 11 is 0. The molecule has 3 aromatic carbocycles. The van der Waals surface area contributed by atoms with Crippen molar-refractivity contribution in [2.24, 2.45) is 11.0 Å². The highest BCUT2D eigenvalue weighted by atomic mass is 16.5. The second-order valence-electron chi connectivity index (χ2n) is 9.12. The van der Waals surface area contributed by atoms with E-state index in [2.05, 4.69) is 18.2 Å². The standard InChI is InChI=1S/C29H28N4O3/c30-23-15-22(16-24(31)17-23)29(35)36-18-26(34)33-28(20-10-5-2-6-11-20)25-13-7-12-21(27(25)32-33)14-19-8-3-1-4-9-19/h1-6,8-11,14-17,25,28H,7,12-13,18,30-31H2. The summed E-state index contributed by atoms with van der Waals surface area (Å²) in [6.07, 6.45) is 5.00. The molecule has 5 rings (SSSR count). The molecule has 36 heavy (non-hydrogen) atoms. The third-order valence-corrected chi connectivity index (χ3v) is 6.58. The highest BCUT2D eigenvalue weighted by molar-refractivity contribution is 6.08. The van der Waals surface area contributed by atoms with Gasteiger partial charge in [-0.05, 0) is 60.2 Å². The molecule has 1 amide bonds. The maximum absolute atomic E-state index is 13.4. The number of nitrogens with two attached hydrogens (primary N) is 2. The number of nitrogens with zero attached hydrogens (tertiary/aromatic N) is 2. The van der Waals surface area contributed by atoms with Crippen LogP contribution in [-0.2, 0) is 9.53 Å². The molecule has 182 valence electrons. The van der Waals surface area contributed by atoms with E-state index in [4.69, 9.17) is 21.3 Å². The number of amides is 1. The summed E-state index contributed by atoms with van der Waals surface area (Å²) in [4.78, 5) is 26.0. The van der Waals surface area contributed by atoms with Crippen LogP contribution in [-0.4, -0.2) is 29.2 Å². The molecule has 1 aliphatic heterocycles. The monoisotopic (exact) mass is 480 g/mol. The largest absolute Gasteiger partial charge is 0.452 e. The first-order chi connectivity index (χ1) is 17.5. The topological polar surface area (TPSA) is 111 Å². The zero-order chi connectivity index (χ0) is 25.1. The van der Waals surface area contributed by atoms with E-state index in [1.807, 2.05) is 48.5 Å². The number of esters is 1. The van der Waals surface area contributed by atoms with Gasteiger partial charge in [-0.25, -0.2) is 9.80 Å². The molecule has 1 heterocycles. The van der Waals surface area contributed by atoms with Crippen molar-refractivity contribution in [2.75, 3.05) is 18.1 Å². The van der Waals surface area contributed by atoms with Gasteiger partial charge in [0.15, 0.2) is 6.61 Å². The Hall–Kier alpha value is -4.39. The lowest BCUT2D eigenvalue weighted by molar-refractivity contribution is -0.137. The quantitative estimate of drug-likeness (QED) is 0.401. The van der Waals surface area contributed by atoms with Crippen molar-refractivity contribution in [2.45, 2.75) is 25.3 Å². The summed E-state index contributed by atoms with van der Waals surface area (Å²) in [7, 11) is 0. The highest BCUT2D eigenvalue weighted by Crippen LogP contribution is 2.44. The van der Waals surface area contributed by atoms with Crippen LogP contribution in [0.2, 0.25) is 0 Å². The molecule has 2 aliphatic rings. The molecule has 1 saturated carbocycles. The van der Waals surface area contributed by atoms with Gasteiger partial charge in [0.1, 0.15) is 0 Å². The normalized spacial score (nSPS) is 20.1. The molecular weight excluding hydrogens is 452 g/mol. The fourth-order valence-electron chi connectivity index (χ4n) is 5.01. The number of ether oxygens (including phenoxy) is 1. The lowest BCUT2D eigenvalue weighted by Gasteiger charge is -2.29. The minimum Gasteiger partial charge on any atom is -0.452 e. The van der Waals surface area contributed by atoms with E-state index in [-0.39, 0.29) is 23.4 Å². The van der Waals surface area contributed by atoms with Gasteiger partial charge in [-0.3, -0.25) is 4.79 Å². The molecule has 7 nitrogen and oxygen atoms in total. The van der Waals surface area contributed by atoms with E-state index in [1.54, 1.807) is 6.07 Å². The van der Waals surface area contributed by atoms with Gasteiger partial charge in [0, 0.05) is 17.3 Å². The zero-order valence-electron chi connectivity index (χ0n) is 19.8. The van der Waals surface area contributed by atoms with E-state index in [0.29, 0.717) is 11.4 Å². The van der Waals surface area contributed by atoms with Crippen LogP contribution in [0.1, 0.15) is 46.8 Å². The van der Waals surface area contributed by atoms with Crippen LogP contribution < -0.4 is 11.5 Å². The van der Waals surface area contributed by atoms with Crippen LogP contribution in [0.5, 0.6) is 0 Å². The minimum atomic E-state index is -0.660. The van der Waals surface area contributed by atoms with Gasteiger partial charge in [-0.1, -0.05) is 60.7 Å². The summed E-state index contributed by atoms with van der Waals surface area (Å²) in [5.41, 5.74) is 16.7. The summed E-state index contributed by atoms with van der Waals surface area (Å²) < 4.78 is 5.35. The lowest BCUT2D eigenvalue weighted by Crippen LogP contribution is -2.34. The van der Waals surface area contributed by atoms with Crippen molar-refractivity contribution in [3.8, 4) is 0 Å². The SMILES string of the molecule is Nc1cc(N)cc(C(=O)OCC(=O)N2N=C3C(=Cc4ccccc4)CCCC3C2c2ccccc2)c1. The molecule has 7 heteroatoms. The average Bonchev–Trinajstić information content (AvgIpc) is 3.28. The number of rotatable bonds is 5. The third-order valence-electron chi connectivity index (χ3n) is 6.58. The molecule has 0 aromatic heterocycles. The van der Waals surface area contributed by atoms with Crippen molar-refractivity contribution < 1.29 is 14.3 Å². The zero-order valence-corrected chi connectivity index (χ0v) is 19.8. The number of anilines is 2. The Morgan fingerprint density at radius 3 is 2.33 bits per heavy atom. The highest BCUT2D eigenvalue weighted by Gasteiger charge is 2.43. The van der Waals surface area contributed by atoms with Crippen molar-refractivity contribution in [3.63, 3.8) is 0 Å².